The third-order valence-electron chi connectivity index (χ3n) is 4.18. The zero-order valence-electron chi connectivity index (χ0n) is 12.3. The van der Waals surface area contributed by atoms with Gasteiger partial charge >= 0.3 is 0 Å². The van der Waals surface area contributed by atoms with Gasteiger partial charge < -0.3 is 9.73 Å². The molecule has 3 rings (SSSR count). The van der Waals surface area contributed by atoms with Gasteiger partial charge in [0.1, 0.15) is 11.5 Å². The number of aryl methyl sites for hydroxylation is 1. The highest BCUT2D eigenvalue weighted by atomic mass is 16.3. The molecule has 1 fully saturated rings. The zero-order chi connectivity index (χ0) is 13.9. The fraction of sp³-hybridized carbons (Fsp3) is 0.444. The molecular formula is C18H23NO. The van der Waals surface area contributed by atoms with Gasteiger partial charge in [0.05, 0.1) is 6.04 Å². The van der Waals surface area contributed by atoms with Crippen LogP contribution in [0, 0.1) is 12.8 Å². The van der Waals surface area contributed by atoms with Gasteiger partial charge in [0.15, 0.2) is 0 Å². The lowest BCUT2D eigenvalue weighted by molar-refractivity contribution is 0.370. The van der Waals surface area contributed by atoms with Crippen LogP contribution >= 0.6 is 0 Å². The normalized spacial score (nSPS) is 22.7. The van der Waals surface area contributed by atoms with Crippen LogP contribution < -0.4 is 5.32 Å². The average Bonchev–Trinajstić information content (AvgIpc) is 3.15. The van der Waals surface area contributed by atoms with E-state index in [2.05, 4.69) is 54.7 Å². The maximum atomic E-state index is 5.87. The van der Waals surface area contributed by atoms with Crippen LogP contribution in [-0.4, -0.2) is 6.54 Å². The molecule has 2 nitrogen and oxygen atoms in total. The van der Waals surface area contributed by atoms with Crippen molar-refractivity contribution in [1.82, 2.24) is 5.32 Å². The monoisotopic (exact) mass is 269 g/mol. The molecule has 0 amide bonds. The van der Waals surface area contributed by atoms with Gasteiger partial charge in [-0.25, -0.2) is 0 Å². The van der Waals surface area contributed by atoms with Crippen molar-refractivity contribution in [1.29, 1.82) is 0 Å². The van der Waals surface area contributed by atoms with Crippen LogP contribution in [-0.2, 0) is 0 Å². The van der Waals surface area contributed by atoms with Crippen LogP contribution in [0.25, 0.3) is 0 Å². The SMILES string of the molecule is CCCNC(c1ccc(C)o1)C1CC1c1ccccc1. The zero-order valence-corrected chi connectivity index (χ0v) is 12.3. The van der Waals surface area contributed by atoms with Crippen molar-refractivity contribution >= 4 is 0 Å². The summed E-state index contributed by atoms with van der Waals surface area (Å²) in [6, 6.07) is 15.4. The van der Waals surface area contributed by atoms with Crippen molar-refractivity contribution < 1.29 is 4.42 Å². The Balaban J connectivity index is 1.74. The largest absolute Gasteiger partial charge is 0.465 e. The van der Waals surface area contributed by atoms with E-state index >= 15 is 0 Å². The smallest absolute Gasteiger partial charge is 0.121 e. The Kier molecular flexibility index (Phi) is 3.93. The molecule has 20 heavy (non-hydrogen) atoms. The maximum absolute atomic E-state index is 5.87. The van der Waals surface area contributed by atoms with Crippen molar-refractivity contribution in [3.8, 4) is 0 Å². The van der Waals surface area contributed by atoms with Crippen LogP contribution in [0.4, 0.5) is 0 Å². The van der Waals surface area contributed by atoms with Crippen LogP contribution in [0.1, 0.15) is 48.8 Å². The third-order valence-corrected chi connectivity index (χ3v) is 4.18. The summed E-state index contributed by atoms with van der Waals surface area (Å²) in [4.78, 5) is 0. The number of hydrogen-bond donors (Lipinski definition) is 1. The molecule has 1 saturated carbocycles. The highest BCUT2D eigenvalue weighted by Crippen LogP contribution is 2.54. The highest BCUT2D eigenvalue weighted by Gasteiger charge is 2.45. The predicted octanol–water partition coefficient (Wildman–Crippen LogP) is 4.43. The molecule has 1 heterocycles. The summed E-state index contributed by atoms with van der Waals surface area (Å²) in [5.74, 6) is 3.44. The molecule has 1 aromatic heterocycles. The predicted molar refractivity (Wildman–Crippen MR) is 81.8 cm³/mol. The molecule has 0 radical (unpaired) electrons. The summed E-state index contributed by atoms with van der Waals surface area (Å²) >= 11 is 0. The summed E-state index contributed by atoms with van der Waals surface area (Å²) in [7, 11) is 0. The van der Waals surface area contributed by atoms with E-state index in [1.54, 1.807) is 0 Å². The molecule has 106 valence electrons. The second kappa shape index (κ2) is 5.84. The Morgan fingerprint density at radius 2 is 2.00 bits per heavy atom. The number of rotatable bonds is 6. The van der Waals surface area contributed by atoms with Crippen molar-refractivity contribution in [2.75, 3.05) is 6.54 Å². The Labute approximate surface area is 121 Å². The maximum Gasteiger partial charge on any atom is 0.121 e. The average molecular weight is 269 g/mol. The van der Waals surface area contributed by atoms with Gasteiger partial charge in [0.2, 0.25) is 0 Å². The molecule has 0 bridgehead atoms. The van der Waals surface area contributed by atoms with Gasteiger partial charge in [-0.05, 0) is 55.8 Å². The minimum Gasteiger partial charge on any atom is -0.465 e. The third kappa shape index (κ3) is 2.80. The number of benzene rings is 1. The minimum atomic E-state index is 0.355. The minimum absolute atomic E-state index is 0.355. The van der Waals surface area contributed by atoms with E-state index in [4.69, 9.17) is 4.42 Å². The first-order valence-electron chi connectivity index (χ1n) is 7.64. The second-order valence-corrected chi connectivity index (χ2v) is 5.80. The van der Waals surface area contributed by atoms with Gasteiger partial charge in [-0.3, -0.25) is 0 Å². The van der Waals surface area contributed by atoms with Gasteiger partial charge in [-0.15, -0.1) is 0 Å². The Bertz CT molecular complexity index is 546. The van der Waals surface area contributed by atoms with E-state index in [9.17, 15) is 0 Å². The molecule has 0 saturated heterocycles. The van der Waals surface area contributed by atoms with E-state index in [-0.39, 0.29) is 0 Å². The number of furan rings is 1. The fourth-order valence-electron chi connectivity index (χ4n) is 3.05. The molecule has 2 aromatic rings. The van der Waals surface area contributed by atoms with Gasteiger partial charge in [-0.1, -0.05) is 37.3 Å². The van der Waals surface area contributed by atoms with Crippen molar-refractivity contribution in [3.63, 3.8) is 0 Å². The van der Waals surface area contributed by atoms with E-state index in [1.807, 2.05) is 6.92 Å². The lowest BCUT2D eigenvalue weighted by atomic mass is 10.0. The van der Waals surface area contributed by atoms with Crippen molar-refractivity contribution in [2.24, 2.45) is 5.92 Å². The van der Waals surface area contributed by atoms with E-state index in [0.29, 0.717) is 17.9 Å². The number of nitrogens with one attached hydrogen (secondary N) is 1. The van der Waals surface area contributed by atoms with Crippen LogP contribution in [0.2, 0.25) is 0 Å². The van der Waals surface area contributed by atoms with Gasteiger partial charge in [0, 0.05) is 0 Å². The van der Waals surface area contributed by atoms with Gasteiger partial charge in [0.25, 0.3) is 0 Å². The molecule has 1 aromatic carbocycles. The van der Waals surface area contributed by atoms with Crippen LogP contribution in [0.3, 0.4) is 0 Å². The molecular weight excluding hydrogens is 246 g/mol. The second-order valence-electron chi connectivity index (χ2n) is 5.80. The first-order chi connectivity index (χ1) is 9.79. The summed E-state index contributed by atoms with van der Waals surface area (Å²) in [6.07, 6.45) is 2.41. The Hall–Kier alpha value is -1.54. The molecule has 2 heteroatoms. The summed E-state index contributed by atoms with van der Waals surface area (Å²) in [5.41, 5.74) is 1.46. The molecule has 0 aliphatic heterocycles. The molecule has 3 unspecified atom stereocenters. The quantitative estimate of drug-likeness (QED) is 0.839. The topological polar surface area (TPSA) is 25.2 Å². The van der Waals surface area contributed by atoms with Crippen LogP contribution in [0.5, 0.6) is 0 Å². The van der Waals surface area contributed by atoms with E-state index in [0.717, 1.165) is 24.5 Å². The molecule has 1 aliphatic carbocycles. The molecule has 1 aliphatic rings. The Morgan fingerprint density at radius 1 is 1.20 bits per heavy atom. The van der Waals surface area contributed by atoms with E-state index < -0.39 is 0 Å². The summed E-state index contributed by atoms with van der Waals surface area (Å²) < 4.78 is 5.87. The van der Waals surface area contributed by atoms with Crippen molar-refractivity contribution in [3.05, 3.63) is 59.5 Å². The van der Waals surface area contributed by atoms with E-state index in [1.165, 1.54) is 12.0 Å². The van der Waals surface area contributed by atoms with Crippen molar-refractivity contribution in [2.45, 2.75) is 38.6 Å². The standard InChI is InChI=1S/C18H23NO/c1-3-11-19-18(17-10-9-13(2)20-17)16-12-15(16)14-7-5-4-6-8-14/h4-10,15-16,18-19H,3,11-12H2,1-2H3. The first-order valence-corrected chi connectivity index (χ1v) is 7.64. The lowest BCUT2D eigenvalue weighted by Gasteiger charge is -2.16. The molecule has 3 atom stereocenters. The summed E-state index contributed by atoms with van der Waals surface area (Å²) in [6.45, 7) is 5.27. The lowest BCUT2D eigenvalue weighted by Crippen LogP contribution is -2.24. The van der Waals surface area contributed by atoms with Gasteiger partial charge in [-0.2, -0.15) is 0 Å². The fourth-order valence-corrected chi connectivity index (χ4v) is 3.05. The molecule has 1 N–H and O–H groups in total. The molecule has 0 spiro atoms. The Morgan fingerprint density at radius 3 is 2.65 bits per heavy atom. The van der Waals surface area contributed by atoms with Crippen LogP contribution in [0.15, 0.2) is 46.9 Å². The first kappa shape index (κ1) is 13.4. The number of hydrogen-bond acceptors (Lipinski definition) is 2. The highest BCUT2D eigenvalue weighted by molar-refractivity contribution is 5.28. The summed E-state index contributed by atoms with van der Waals surface area (Å²) in [5, 5.41) is 3.67.